The largest absolute Gasteiger partial charge is 0.383 e. The lowest BCUT2D eigenvalue weighted by Gasteiger charge is -2.30. The van der Waals surface area contributed by atoms with E-state index in [9.17, 15) is 0 Å². The standard InChI is InChI=1S/C11H24N2O/c1-9(2)11(8-14-3)13-5-4-10(6-12)7-13/h9-11H,4-8,12H2,1-3H3. The number of hydrogen-bond donors (Lipinski definition) is 1. The van der Waals surface area contributed by atoms with E-state index in [1.54, 1.807) is 7.11 Å². The predicted molar refractivity (Wildman–Crippen MR) is 59.2 cm³/mol. The van der Waals surface area contributed by atoms with E-state index >= 15 is 0 Å². The summed E-state index contributed by atoms with van der Waals surface area (Å²) in [5.41, 5.74) is 5.69. The van der Waals surface area contributed by atoms with Gasteiger partial charge in [-0.25, -0.2) is 0 Å². The fourth-order valence-electron chi connectivity index (χ4n) is 2.25. The molecule has 84 valence electrons. The van der Waals surface area contributed by atoms with E-state index in [0.29, 0.717) is 17.9 Å². The minimum Gasteiger partial charge on any atom is -0.383 e. The van der Waals surface area contributed by atoms with Crippen LogP contribution in [0.15, 0.2) is 0 Å². The number of nitrogens with zero attached hydrogens (tertiary/aromatic N) is 1. The normalized spacial score (nSPS) is 25.9. The highest BCUT2D eigenvalue weighted by Crippen LogP contribution is 2.21. The van der Waals surface area contributed by atoms with E-state index in [1.807, 2.05) is 0 Å². The van der Waals surface area contributed by atoms with Gasteiger partial charge in [0.05, 0.1) is 6.61 Å². The quantitative estimate of drug-likeness (QED) is 0.718. The first kappa shape index (κ1) is 12.0. The third kappa shape index (κ3) is 2.94. The van der Waals surface area contributed by atoms with Crippen molar-refractivity contribution in [3.8, 4) is 0 Å². The second-order valence-electron chi connectivity index (χ2n) is 4.65. The molecule has 0 bridgehead atoms. The number of methoxy groups -OCH3 is 1. The van der Waals surface area contributed by atoms with E-state index in [2.05, 4.69) is 18.7 Å². The van der Waals surface area contributed by atoms with Gasteiger partial charge >= 0.3 is 0 Å². The Hall–Kier alpha value is -0.120. The molecule has 0 radical (unpaired) electrons. The number of hydrogen-bond acceptors (Lipinski definition) is 3. The van der Waals surface area contributed by atoms with Crippen LogP contribution < -0.4 is 5.73 Å². The highest BCUT2D eigenvalue weighted by atomic mass is 16.5. The molecule has 1 aliphatic rings. The Morgan fingerprint density at radius 3 is 2.64 bits per heavy atom. The molecule has 0 aromatic carbocycles. The molecule has 1 fully saturated rings. The fraction of sp³-hybridized carbons (Fsp3) is 1.00. The Balaban J connectivity index is 2.44. The van der Waals surface area contributed by atoms with E-state index in [4.69, 9.17) is 10.5 Å². The summed E-state index contributed by atoms with van der Waals surface area (Å²) in [5.74, 6) is 1.36. The molecule has 0 aromatic heterocycles. The molecular weight excluding hydrogens is 176 g/mol. The maximum absolute atomic E-state index is 5.69. The van der Waals surface area contributed by atoms with Gasteiger partial charge in [-0.15, -0.1) is 0 Å². The Morgan fingerprint density at radius 1 is 1.50 bits per heavy atom. The fourth-order valence-corrected chi connectivity index (χ4v) is 2.25. The predicted octanol–water partition coefficient (Wildman–Crippen LogP) is 0.938. The summed E-state index contributed by atoms with van der Waals surface area (Å²) in [6, 6.07) is 0.566. The van der Waals surface area contributed by atoms with Crippen molar-refractivity contribution < 1.29 is 4.74 Å². The monoisotopic (exact) mass is 200 g/mol. The minimum absolute atomic E-state index is 0.566. The molecule has 3 heteroatoms. The van der Waals surface area contributed by atoms with Gasteiger partial charge in [-0.05, 0) is 31.3 Å². The van der Waals surface area contributed by atoms with Crippen LogP contribution in [-0.4, -0.2) is 44.3 Å². The Kier molecular flexibility index (Phi) is 4.85. The summed E-state index contributed by atoms with van der Waals surface area (Å²) in [5, 5.41) is 0. The average molecular weight is 200 g/mol. The van der Waals surface area contributed by atoms with E-state index < -0.39 is 0 Å². The number of likely N-dealkylation sites (tertiary alicyclic amines) is 1. The number of rotatable bonds is 5. The molecule has 3 nitrogen and oxygen atoms in total. The van der Waals surface area contributed by atoms with Crippen LogP contribution in [-0.2, 0) is 4.74 Å². The van der Waals surface area contributed by atoms with Crippen LogP contribution in [0.3, 0.4) is 0 Å². The topological polar surface area (TPSA) is 38.5 Å². The molecule has 0 amide bonds. The Labute approximate surface area is 87.6 Å². The van der Waals surface area contributed by atoms with Crippen LogP contribution in [0, 0.1) is 11.8 Å². The lowest BCUT2D eigenvalue weighted by atomic mass is 10.0. The van der Waals surface area contributed by atoms with Crippen molar-refractivity contribution in [2.45, 2.75) is 26.3 Å². The molecular formula is C11H24N2O. The average Bonchev–Trinajstić information content (AvgIpc) is 2.61. The van der Waals surface area contributed by atoms with Gasteiger partial charge in [0.1, 0.15) is 0 Å². The van der Waals surface area contributed by atoms with Gasteiger partial charge in [-0.1, -0.05) is 13.8 Å². The van der Waals surface area contributed by atoms with Crippen LogP contribution in [0.2, 0.25) is 0 Å². The summed E-state index contributed by atoms with van der Waals surface area (Å²) in [4.78, 5) is 2.53. The van der Waals surface area contributed by atoms with Gasteiger partial charge in [-0.2, -0.15) is 0 Å². The van der Waals surface area contributed by atoms with Crippen molar-refractivity contribution in [1.82, 2.24) is 4.90 Å². The second-order valence-corrected chi connectivity index (χ2v) is 4.65. The van der Waals surface area contributed by atoms with E-state index in [-0.39, 0.29) is 0 Å². The lowest BCUT2D eigenvalue weighted by molar-refractivity contribution is 0.0771. The molecule has 2 unspecified atom stereocenters. The third-order valence-electron chi connectivity index (χ3n) is 3.23. The molecule has 0 saturated carbocycles. The minimum atomic E-state index is 0.566. The smallest absolute Gasteiger partial charge is 0.0620 e. The molecule has 2 atom stereocenters. The molecule has 14 heavy (non-hydrogen) atoms. The molecule has 2 N–H and O–H groups in total. The Bertz CT molecular complexity index is 161. The molecule has 1 saturated heterocycles. The summed E-state index contributed by atoms with van der Waals surface area (Å²) in [7, 11) is 1.78. The SMILES string of the molecule is COCC(C(C)C)N1CCC(CN)C1. The highest BCUT2D eigenvalue weighted by Gasteiger charge is 2.28. The first-order chi connectivity index (χ1) is 6.69. The third-order valence-corrected chi connectivity index (χ3v) is 3.23. The zero-order valence-corrected chi connectivity index (χ0v) is 9.70. The molecule has 0 aromatic rings. The molecule has 1 rings (SSSR count). The van der Waals surface area contributed by atoms with Crippen molar-refractivity contribution in [2.75, 3.05) is 33.4 Å². The first-order valence-electron chi connectivity index (χ1n) is 5.62. The maximum atomic E-state index is 5.69. The summed E-state index contributed by atoms with van der Waals surface area (Å²) >= 11 is 0. The van der Waals surface area contributed by atoms with E-state index in [0.717, 1.165) is 19.7 Å². The van der Waals surface area contributed by atoms with Crippen molar-refractivity contribution in [3.63, 3.8) is 0 Å². The van der Waals surface area contributed by atoms with Gasteiger partial charge in [-0.3, -0.25) is 4.90 Å². The van der Waals surface area contributed by atoms with Crippen molar-refractivity contribution in [3.05, 3.63) is 0 Å². The number of nitrogens with two attached hydrogens (primary N) is 1. The Morgan fingerprint density at radius 2 is 2.21 bits per heavy atom. The highest BCUT2D eigenvalue weighted by molar-refractivity contribution is 4.83. The summed E-state index contributed by atoms with van der Waals surface area (Å²) < 4.78 is 5.27. The number of ether oxygens (including phenoxy) is 1. The summed E-state index contributed by atoms with van der Waals surface area (Å²) in [6.45, 7) is 8.54. The second kappa shape index (κ2) is 5.69. The first-order valence-corrected chi connectivity index (χ1v) is 5.62. The van der Waals surface area contributed by atoms with E-state index in [1.165, 1.54) is 13.0 Å². The van der Waals surface area contributed by atoms with Gasteiger partial charge in [0.15, 0.2) is 0 Å². The van der Waals surface area contributed by atoms with Crippen molar-refractivity contribution in [2.24, 2.45) is 17.6 Å². The van der Waals surface area contributed by atoms with Crippen LogP contribution in [0.4, 0.5) is 0 Å². The molecule has 1 aliphatic heterocycles. The van der Waals surface area contributed by atoms with Crippen LogP contribution >= 0.6 is 0 Å². The van der Waals surface area contributed by atoms with Crippen LogP contribution in [0.25, 0.3) is 0 Å². The van der Waals surface area contributed by atoms with Crippen LogP contribution in [0.5, 0.6) is 0 Å². The molecule has 0 spiro atoms. The molecule has 0 aliphatic carbocycles. The zero-order valence-electron chi connectivity index (χ0n) is 9.70. The van der Waals surface area contributed by atoms with Crippen molar-refractivity contribution in [1.29, 1.82) is 0 Å². The van der Waals surface area contributed by atoms with Crippen molar-refractivity contribution >= 4 is 0 Å². The van der Waals surface area contributed by atoms with Gasteiger partial charge < -0.3 is 10.5 Å². The summed E-state index contributed by atoms with van der Waals surface area (Å²) in [6.07, 6.45) is 1.25. The molecule has 1 heterocycles. The zero-order chi connectivity index (χ0) is 10.6. The lowest BCUT2D eigenvalue weighted by Crippen LogP contribution is -2.41. The van der Waals surface area contributed by atoms with Gasteiger partial charge in [0.25, 0.3) is 0 Å². The maximum Gasteiger partial charge on any atom is 0.0620 e. The van der Waals surface area contributed by atoms with Gasteiger partial charge in [0, 0.05) is 19.7 Å². The van der Waals surface area contributed by atoms with Gasteiger partial charge in [0.2, 0.25) is 0 Å². The van der Waals surface area contributed by atoms with Crippen LogP contribution in [0.1, 0.15) is 20.3 Å².